The maximum Gasteiger partial charge on any atom is 0.332 e. The van der Waals surface area contributed by atoms with E-state index in [4.69, 9.17) is 47.9 Å². The van der Waals surface area contributed by atoms with Crippen molar-refractivity contribution in [3.63, 3.8) is 0 Å². The molecule has 0 aliphatic carbocycles. The molecule has 0 aromatic carbocycles. The zero-order chi connectivity index (χ0) is 50.0. The van der Waals surface area contributed by atoms with E-state index in [0.29, 0.717) is 0 Å². The van der Waals surface area contributed by atoms with Crippen LogP contribution in [-0.4, -0.2) is 248 Å². The normalized spacial score (nSPS) is 40.0. The average Bonchev–Trinajstić information content (AvgIpc) is 3.25. The van der Waals surface area contributed by atoms with Crippen molar-refractivity contribution >= 4 is 35.9 Å². The largest absolute Gasteiger partial charge is 0.479 e. The first-order valence-electron chi connectivity index (χ1n) is 21.0. The van der Waals surface area contributed by atoms with Crippen molar-refractivity contribution in [2.75, 3.05) is 26.4 Å². The molecule has 4 rings (SSSR count). The molecule has 29 heteroatoms. The highest BCUT2D eigenvalue weighted by Crippen LogP contribution is 2.36. The highest BCUT2D eigenvalue weighted by Gasteiger charge is 2.57. The maximum absolute atomic E-state index is 12.8. The standard InChI is InChI=1S/C38H62N4O25/c1-12(11-58-57)59-32-24(41-16(5)49)35(56)61-20(9-45)30(32)66-37-23(40-15(4)48)28(53)29(19(8-44)63-37)65-38-25(42-17(6)50)33(60-13(2)34(54)55)31(21(10-46)64-38)67-36-22(39-14(3)47)27(52)26(51)18(7-43)62-36/h12-13,18-33,35-38,43-46,51-53,56-57H,7-10H2,1-6H3,(H,39,47)(H,40,48)(H,41,49)(H,42,50)(H,54,55)/t12-,13-,18?,19?,20?,21?,22?,23?,24?,25?,26?,27?,28?,29?,30?,31?,32?,33?,35?,36?,37?,38?/m1/s1. The van der Waals surface area contributed by atoms with Gasteiger partial charge in [0.15, 0.2) is 31.3 Å². The Labute approximate surface area is 382 Å². The Morgan fingerprint density at radius 1 is 0.537 bits per heavy atom. The minimum absolute atomic E-state index is 0.679. The Balaban J connectivity index is 1.75. The molecular weight excluding hydrogens is 912 g/mol. The number of aliphatic carboxylic acids is 1. The Hall–Kier alpha value is -3.86. The highest BCUT2D eigenvalue weighted by atomic mass is 17.1. The van der Waals surface area contributed by atoms with Crippen molar-refractivity contribution in [3.8, 4) is 0 Å². The number of rotatable bonds is 20. The zero-order valence-corrected chi connectivity index (χ0v) is 37.1. The minimum atomic E-state index is -1.99. The van der Waals surface area contributed by atoms with Crippen LogP contribution in [0.4, 0.5) is 0 Å². The Bertz CT molecular complexity index is 1680. The van der Waals surface area contributed by atoms with Gasteiger partial charge in [-0.05, 0) is 6.92 Å². The van der Waals surface area contributed by atoms with Gasteiger partial charge >= 0.3 is 5.97 Å². The number of hydrogen-bond donors (Lipinski definition) is 14. The molecule has 4 saturated heterocycles. The summed E-state index contributed by atoms with van der Waals surface area (Å²) in [4.78, 5) is 62.1. The second-order valence-corrected chi connectivity index (χ2v) is 16.1. The summed E-state index contributed by atoms with van der Waals surface area (Å²) in [6.07, 6.45) is -28.4. The van der Waals surface area contributed by atoms with Gasteiger partial charge in [0.1, 0.15) is 104 Å². The number of carbonyl (C=O) groups is 5. The number of carbonyl (C=O) groups excluding carboxylic acids is 5. The van der Waals surface area contributed by atoms with Crippen LogP contribution in [0, 0.1) is 0 Å². The van der Waals surface area contributed by atoms with Crippen molar-refractivity contribution in [1.82, 2.24) is 21.3 Å². The Kier molecular flexibility index (Phi) is 20.9. The summed E-state index contributed by atoms with van der Waals surface area (Å²) in [6, 6.07) is -6.38. The van der Waals surface area contributed by atoms with Gasteiger partial charge in [-0.3, -0.25) is 19.2 Å². The topological polar surface area (TPSA) is 430 Å². The summed E-state index contributed by atoms with van der Waals surface area (Å²) in [5.74, 6) is -4.54. The summed E-state index contributed by atoms with van der Waals surface area (Å²) in [7, 11) is 0. The number of aliphatic hydroxyl groups excluding tert-OH is 8. The van der Waals surface area contributed by atoms with Crippen LogP contribution < -0.4 is 21.3 Å². The van der Waals surface area contributed by atoms with Crippen LogP contribution in [0.5, 0.6) is 0 Å². The lowest BCUT2D eigenvalue weighted by molar-refractivity contribution is -0.366. The zero-order valence-electron chi connectivity index (χ0n) is 37.1. The molecule has 0 aromatic rings. The highest BCUT2D eigenvalue weighted by molar-refractivity contribution is 5.74. The van der Waals surface area contributed by atoms with Crippen LogP contribution in [0.15, 0.2) is 0 Å². The van der Waals surface area contributed by atoms with E-state index >= 15 is 0 Å². The van der Waals surface area contributed by atoms with E-state index in [1.54, 1.807) is 0 Å². The second kappa shape index (κ2) is 25.1. The third kappa shape index (κ3) is 13.9. The van der Waals surface area contributed by atoms with E-state index in [-0.39, 0.29) is 0 Å². The average molecular weight is 975 g/mol. The van der Waals surface area contributed by atoms with Crippen LogP contribution in [0.3, 0.4) is 0 Å². The number of carboxylic acids is 1. The first-order valence-corrected chi connectivity index (χ1v) is 21.0. The SMILES string of the molecule is CC(=O)NC1C(OC2C(CO)OC(OC3C(CO)OC(OC4C(CO)OC(O)C(NC(C)=O)C4O[C@H](C)[C-]=[O+]O)C(NC(C)=O)C3O)C(NC(C)=O)C2O[C@H](C)C(=O)O)OC(CO)C(O)C1O. The molecule has 4 aliphatic rings. The molecule has 4 aliphatic heterocycles. The van der Waals surface area contributed by atoms with Crippen LogP contribution >= 0.6 is 0 Å². The first-order chi connectivity index (χ1) is 31.6. The van der Waals surface area contributed by atoms with Crippen LogP contribution in [0.2, 0.25) is 0 Å². The molecule has 14 N–H and O–H groups in total. The van der Waals surface area contributed by atoms with E-state index in [1.807, 2.05) is 0 Å². The molecule has 0 aromatic heterocycles. The predicted octanol–water partition coefficient (Wildman–Crippen LogP) is -8.15. The van der Waals surface area contributed by atoms with Gasteiger partial charge < -0.3 is 110 Å². The van der Waals surface area contributed by atoms with E-state index in [9.17, 15) is 69.9 Å². The summed E-state index contributed by atoms with van der Waals surface area (Å²) in [5.41, 5.74) is 0. The fourth-order valence-electron chi connectivity index (χ4n) is 8.08. The van der Waals surface area contributed by atoms with Crippen molar-refractivity contribution in [2.24, 2.45) is 0 Å². The molecule has 22 atom stereocenters. The summed E-state index contributed by atoms with van der Waals surface area (Å²) in [6.45, 7) is 3.01. The monoisotopic (exact) mass is 974 g/mol. The predicted molar refractivity (Wildman–Crippen MR) is 213 cm³/mol. The van der Waals surface area contributed by atoms with Gasteiger partial charge in [-0.1, -0.05) is 6.92 Å². The molecule has 29 nitrogen and oxygen atoms in total. The fraction of sp³-hybridized carbons (Fsp3) is 0.842. The molecule has 0 saturated carbocycles. The van der Waals surface area contributed by atoms with Crippen LogP contribution in [0.25, 0.3) is 0 Å². The van der Waals surface area contributed by atoms with Crippen LogP contribution in [-0.2, 0) is 71.2 Å². The van der Waals surface area contributed by atoms with E-state index in [1.165, 1.54) is 6.92 Å². The Morgan fingerprint density at radius 3 is 1.39 bits per heavy atom. The van der Waals surface area contributed by atoms with Crippen molar-refractivity contribution in [2.45, 2.75) is 176 Å². The van der Waals surface area contributed by atoms with Gasteiger partial charge in [-0.15, -0.1) is 0 Å². The lowest BCUT2D eigenvalue weighted by Gasteiger charge is -2.52. The number of carboxylic acid groups (broad SMARTS) is 1. The van der Waals surface area contributed by atoms with E-state index in [2.05, 4.69) is 32.1 Å². The summed E-state index contributed by atoms with van der Waals surface area (Å²) >= 11 is 0. The smallest absolute Gasteiger partial charge is 0.332 e. The number of amides is 4. The molecule has 4 heterocycles. The van der Waals surface area contributed by atoms with Gasteiger partial charge in [0.05, 0.1) is 26.4 Å². The van der Waals surface area contributed by atoms with Gasteiger partial charge in [0, 0.05) is 33.8 Å². The van der Waals surface area contributed by atoms with Crippen LogP contribution in [0.1, 0.15) is 41.5 Å². The summed E-state index contributed by atoms with van der Waals surface area (Å²) in [5, 5.41) is 115. The third-order valence-electron chi connectivity index (χ3n) is 11.0. The quantitative estimate of drug-likeness (QED) is 0.0233. The van der Waals surface area contributed by atoms with Gasteiger partial charge in [-0.2, -0.15) is 9.83 Å². The molecule has 20 unspecified atom stereocenters. The van der Waals surface area contributed by atoms with E-state index < -0.39 is 191 Å². The molecule has 67 heavy (non-hydrogen) atoms. The van der Waals surface area contributed by atoms with Crippen molar-refractivity contribution in [1.29, 1.82) is 0 Å². The molecule has 384 valence electrons. The van der Waals surface area contributed by atoms with Crippen molar-refractivity contribution < 1.29 is 122 Å². The molecule has 0 spiro atoms. The van der Waals surface area contributed by atoms with Crippen molar-refractivity contribution in [3.05, 3.63) is 0 Å². The number of hydrogen-bond acceptors (Lipinski definition) is 23. The fourth-order valence-corrected chi connectivity index (χ4v) is 8.08. The number of nitrogens with one attached hydrogen (secondary N) is 4. The third-order valence-corrected chi connectivity index (χ3v) is 11.0. The lowest BCUT2D eigenvalue weighted by Crippen LogP contribution is -2.72. The lowest BCUT2D eigenvalue weighted by atomic mass is 9.93. The molecule has 4 amide bonds. The van der Waals surface area contributed by atoms with Gasteiger partial charge in [0.2, 0.25) is 23.6 Å². The van der Waals surface area contributed by atoms with E-state index in [0.717, 1.165) is 34.6 Å². The molecular formula is C38H62N4O25. The molecule has 0 bridgehead atoms. The Morgan fingerprint density at radius 2 is 0.925 bits per heavy atom. The number of ether oxygens (including phenoxy) is 9. The summed E-state index contributed by atoms with van der Waals surface area (Å²) < 4.78 is 57.7. The first kappa shape index (κ1) is 55.7. The maximum atomic E-state index is 12.8. The molecule has 4 fully saturated rings. The van der Waals surface area contributed by atoms with Gasteiger partial charge in [-0.25, -0.2) is 4.79 Å². The minimum Gasteiger partial charge on any atom is -0.479 e. The number of aliphatic hydroxyl groups is 8. The second-order valence-electron chi connectivity index (χ2n) is 16.1. The molecule has 0 radical (unpaired) electrons. The van der Waals surface area contributed by atoms with Gasteiger partial charge in [0.25, 0.3) is 0 Å².